The number of aromatic nitrogens is 1. The summed E-state index contributed by atoms with van der Waals surface area (Å²) >= 11 is 1.59. The maximum Gasteiger partial charge on any atom is 0.224 e. The Balaban J connectivity index is 1.66. The number of ketones is 1. The van der Waals surface area contributed by atoms with Gasteiger partial charge in [-0.1, -0.05) is 45.0 Å². The van der Waals surface area contributed by atoms with Crippen molar-refractivity contribution in [2.75, 3.05) is 6.54 Å². The molecule has 1 aromatic heterocycles. The van der Waals surface area contributed by atoms with E-state index in [1.165, 1.54) is 0 Å². The normalized spacial score (nSPS) is 20.7. The number of nitrogens with one attached hydrogen (secondary N) is 2. The van der Waals surface area contributed by atoms with Gasteiger partial charge in [-0.2, -0.15) is 0 Å². The quantitative estimate of drug-likeness (QED) is 0.385. The van der Waals surface area contributed by atoms with Crippen molar-refractivity contribution in [2.45, 2.75) is 72.1 Å². The molecule has 0 bridgehead atoms. The van der Waals surface area contributed by atoms with Crippen LogP contribution in [0.2, 0.25) is 0 Å². The van der Waals surface area contributed by atoms with Crippen molar-refractivity contribution in [3.05, 3.63) is 41.0 Å². The van der Waals surface area contributed by atoms with Crippen LogP contribution < -0.4 is 16.4 Å². The number of Topliss-reactive ketones (excluding diaryl/α,β-unsaturated/α-hetero) is 1. The Bertz CT molecular complexity index is 1060. The van der Waals surface area contributed by atoms with Gasteiger partial charge in [0.25, 0.3) is 0 Å². The van der Waals surface area contributed by atoms with Crippen LogP contribution in [-0.4, -0.2) is 46.4 Å². The van der Waals surface area contributed by atoms with Crippen molar-refractivity contribution >= 4 is 28.9 Å². The zero-order valence-corrected chi connectivity index (χ0v) is 22.4. The lowest BCUT2D eigenvalue weighted by atomic mass is 9.77. The van der Waals surface area contributed by atoms with Gasteiger partial charge in [0, 0.05) is 18.9 Å². The van der Waals surface area contributed by atoms with E-state index in [4.69, 9.17) is 5.73 Å². The molecule has 1 fully saturated rings. The van der Waals surface area contributed by atoms with Gasteiger partial charge in [-0.3, -0.25) is 14.4 Å². The second-order valence-corrected chi connectivity index (χ2v) is 11.5. The van der Waals surface area contributed by atoms with Crippen LogP contribution in [-0.2, 0) is 20.9 Å². The summed E-state index contributed by atoms with van der Waals surface area (Å²) in [6.45, 7) is 8.35. The largest absolute Gasteiger partial charge is 0.393 e. The molecular formula is C27H38N4O4S. The number of nitrogens with two attached hydrogens (primary N) is 1. The van der Waals surface area contributed by atoms with Crippen LogP contribution >= 0.6 is 11.3 Å². The fourth-order valence-electron chi connectivity index (χ4n) is 4.71. The summed E-state index contributed by atoms with van der Waals surface area (Å²) in [4.78, 5) is 44.5. The molecule has 2 amide bonds. The lowest BCUT2D eigenvalue weighted by Crippen LogP contribution is -2.52. The highest BCUT2D eigenvalue weighted by molar-refractivity contribution is 7.13. The van der Waals surface area contributed by atoms with Crippen LogP contribution in [0.25, 0.3) is 10.4 Å². The van der Waals surface area contributed by atoms with Crippen LogP contribution in [0.1, 0.15) is 57.7 Å². The highest BCUT2D eigenvalue weighted by Crippen LogP contribution is 2.36. The molecule has 1 heterocycles. The minimum Gasteiger partial charge on any atom is -0.393 e. The van der Waals surface area contributed by atoms with Crippen molar-refractivity contribution in [2.24, 2.45) is 23.0 Å². The molecule has 1 unspecified atom stereocenters. The van der Waals surface area contributed by atoms with Gasteiger partial charge in [0.1, 0.15) is 0 Å². The number of aryl methyl sites for hydroxylation is 1. The summed E-state index contributed by atoms with van der Waals surface area (Å²) < 4.78 is 0. The number of amides is 2. The van der Waals surface area contributed by atoms with Crippen LogP contribution in [0.3, 0.4) is 0 Å². The van der Waals surface area contributed by atoms with Crippen LogP contribution in [0.5, 0.6) is 0 Å². The third kappa shape index (κ3) is 6.99. The monoisotopic (exact) mass is 514 g/mol. The number of thiazole rings is 1. The zero-order valence-electron chi connectivity index (χ0n) is 21.5. The van der Waals surface area contributed by atoms with Gasteiger partial charge in [0.05, 0.1) is 34.1 Å². The molecule has 0 spiro atoms. The molecular weight excluding hydrogens is 476 g/mol. The molecule has 4 atom stereocenters. The fraction of sp³-hybridized carbons (Fsp3) is 0.556. The SMILES string of the molecule is Cc1ncsc1-c1ccc(CNC(=O)[C@@H]2C[C@@H](O)CC2C(=O)[C@@H](NC(=O)CCCN)C(C)(C)C)cc1. The summed E-state index contributed by atoms with van der Waals surface area (Å²) in [6.07, 6.45) is 0.490. The van der Waals surface area contributed by atoms with E-state index < -0.39 is 29.4 Å². The topological polar surface area (TPSA) is 134 Å². The minimum atomic E-state index is -0.754. The van der Waals surface area contributed by atoms with Crippen LogP contribution in [0.4, 0.5) is 0 Å². The van der Waals surface area contributed by atoms with E-state index in [9.17, 15) is 19.5 Å². The first kappa shape index (κ1) is 28.0. The molecule has 1 saturated carbocycles. The number of nitrogens with zero attached hydrogens (tertiary/aromatic N) is 1. The van der Waals surface area contributed by atoms with E-state index in [0.717, 1.165) is 21.7 Å². The number of hydrogen-bond donors (Lipinski definition) is 4. The number of carbonyl (C=O) groups is 3. The smallest absolute Gasteiger partial charge is 0.224 e. The zero-order chi connectivity index (χ0) is 26.5. The lowest BCUT2D eigenvalue weighted by molar-refractivity contribution is -0.137. The second kappa shape index (κ2) is 12.1. The summed E-state index contributed by atoms with van der Waals surface area (Å²) in [5.74, 6) is -1.99. The Morgan fingerprint density at radius 1 is 1.17 bits per heavy atom. The first-order valence-corrected chi connectivity index (χ1v) is 13.4. The van der Waals surface area contributed by atoms with Crippen molar-refractivity contribution in [3.63, 3.8) is 0 Å². The molecule has 0 saturated heterocycles. The average Bonchev–Trinajstić information content (AvgIpc) is 3.44. The molecule has 0 radical (unpaired) electrons. The van der Waals surface area contributed by atoms with E-state index in [1.54, 1.807) is 11.3 Å². The maximum absolute atomic E-state index is 13.6. The van der Waals surface area contributed by atoms with Gasteiger partial charge in [0.15, 0.2) is 5.78 Å². The molecule has 8 nitrogen and oxygen atoms in total. The Morgan fingerprint density at radius 3 is 2.42 bits per heavy atom. The number of hydrogen-bond acceptors (Lipinski definition) is 7. The lowest BCUT2D eigenvalue weighted by Gasteiger charge is -2.33. The van der Waals surface area contributed by atoms with Gasteiger partial charge in [0.2, 0.25) is 11.8 Å². The molecule has 9 heteroatoms. The molecule has 1 aliphatic rings. The Labute approximate surface area is 217 Å². The van der Waals surface area contributed by atoms with Gasteiger partial charge >= 0.3 is 0 Å². The van der Waals surface area contributed by atoms with Crippen molar-refractivity contribution in [1.29, 1.82) is 0 Å². The van der Waals surface area contributed by atoms with Crippen molar-refractivity contribution < 1.29 is 19.5 Å². The standard InChI is InChI=1S/C27H38N4O4S/c1-16-24(36-15-30-16)18-9-7-17(8-10-18)14-29-26(35)21-13-19(32)12-20(21)23(34)25(27(2,3)4)31-22(33)6-5-11-28/h7-10,15,19-21,25,32H,5-6,11-14,28H2,1-4H3,(H,29,35)(H,31,33)/t19-,20?,21+,25+/m0/s1. The molecule has 36 heavy (non-hydrogen) atoms. The van der Waals surface area contributed by atoms with Gasteiger partial charge in [-0.25, -0.2) is 4.98 Å². The van der Waals surface area contributed by atoms with E-state index >= 15 is 0 Å². The third-order valence-electron chi connectivity index (χ3n) is 6.73. The predicted molar refractivity (Wildman–Crippen MR) is 141 cm³/mol. The van der Waals surface area contributed by atoms with E-state index in [1.807, 2.05) is 57.5 Å². The maximum atomic E-state index is 13.6. The highest BCUT2D eigenvalue weighted by Gasteiger charge is 2.46. The molecule has 196 valence electrons. The van der Waals surface area contributed by atoms with Crippen molar-refractivity contribution in [1.82, 2.24) is 15.6 Å². The van der Waals surface area contributed by atoms with Gasteiger partial charge in [-0.15, -0.1) is 11.3 Å². The first-order valence-electron chi connectivity index (χ1n) is 12.5. The number of aliphatic hydroxyl groups is 1. The van der Waals surface area contributed by atoms with Crippen LogP contribution in [0.15, 0.2) is 29.8 Å². The Kier molecular flexibility index (Phi) is 9.38. The van der Waals surface area contributed by atoms with Gasteiger partial charge < -0.3 is 21.5 Å². The second-order valence-electron chi connectivity index (χ2n) is 10.7. The Morgan fingerprint density at radius 2 is 1.83 bits per heavy atom. The van der Waals surface area contributed by atoms with E-state index in [-0.39, 0.29) is 36.9 Å². The number of rotatable bonds is 10. The molecule has 3 rings (SSSR count). The van der Waals surface area contributed by atoms with E-state index in [0.29, 0.717) is 19.5 Å². The third-order valence-corrected chi connectivity index (χ3v) is 7.71. The molecule has 1 aromatic carbocycles. The first-order chi connectivity index (χ1) is 17.0. The molecule has 2 aromatic rings. The summed E-state index contributed by atoms with van der Waals surface area (Å²) in [6, 6.07) is 7.20. The van der Waals surface area contributed by atoms with Crippen LogP contribution in [0, 0.1) is 24.2 Å². The molecule has 5 N–H and O–H groups in total. The summed E-state index contributed by atoms with van der Waals surface area (Å²) in [5.41, 5.74) is 9.79. The fourth-order valence-corrected chi connectivity index (χ4v) is 5.52. The van der Waals surface area contributed by atoms with Gasteiger partial charge in [-0.05, 0) is 49.3 Å². The molecule has 0 aliphatic heterocycles. The van der Waals surface area contributed by atoms with E-state index in [2.05, 4.69) is 15.6 Å². The average molecular weight is 515 g/mol. The molecule has 1 aliphatic carbocycles. The summed E-state index contributed by atoms with van der Waals surface area (Å²) in [5, 5.41) is 16.1. The van der Waals surface area contributed by atoms with Crippen molar-refractivity contribution in [3.8, 4) is 10.4 Å². The summed E-state index contributed by atoms with van der Waals surface area (Å²) in [7, 11) is 0. The number of carbonyl (C=O) groups excluding carboxylic acids is 3. The minimum absolute atomic E-state index is 0.204. The Hall–Kier alpha value is -2.62. The predicted octanol–water partition coefficient (Wildman–Crippen LogP) is 2.96. The number of benzene rings is 1. The number of aliphatic hydroxyl groups excluding tert-OH is 1. The highest BCUT2D eigenvalue weighted by atomic mass is 32.1.